The number of aromatic nitrogens is 2. The summed E-state index contributed by atoms with van der Waals surface area (Å²) in [7, 11) is 0. The first-order chi connectivity index (χ1) is 7.77. The van der Waals surface area contributed by atoms with Gasteiger partial charge in [0.05, 0.1) is 18.5 Å². The fourth-order valence-electron chi connectivity index (χ4n) is 1.64. The van der Waals surface area contributed by atoms with Crippen molar-refractivity contribution in [2.75, 3.05) is 25.6 Å². The van der Waals surface area contributed by atoms with E-state index in [1.54, 1.807) is 0 Å². The lowest BCUT2D eigenvalue weighted by atomic mass is 10.0. The zero-order valence-electron chi connectivity index (χ0n) is 8.94. The highest BCUT2D eigenvalue weighted by atomic mass is 16.5. The molecule has 2 rings (SSSR count). The lowest BCUT2D eigenvalue weighted by molar-refractivity contribution is 0.0182. The summed E-state index contributed by atoms with van der Waals surface area (Å²) in [6.45, 7) is 1.91. The normalized spacial score (nSPS) is 17.2. The van der Waals surface area contributed by atoms with Crippen molar-refractivity contribution in [1.29, 1.82) is 0 Å². The molecule has 0 unspecified atom stereocenters. The number of H-pyrrole nitrogens is 1. The first kappa shape index (κ1) is 10.9. The predicted molar refractivity (Wildman–Crippen MR) is 56.8 cm³/mol. The van der Waals surface area contributed by atoms with E-state index in [-0.39, 0.29) is 5.69 Å². The van der Waals surface area contributed by atoms with Crippen molar-refractivity contribution in [2.45, 2.75) is 12.8 Å². The van der Waals surface area contributed by atoms with Gasteiger partial charge in [0.25, 0.3) is 0 Å². The molecule has 2 heterocycles. The highest BCUT2D eigenvalue weighted by molar-refractivity contribution is 5.92. The fourth-order valence-corrected chi connectivity index (χ4v) is 1.64. The minimum absolute atomic E-state index is 0.229. The third kappa shape index (κ3) is 2.52. The maximum absolute atomic E-state index is 11.6. The third-order valence-corrected chi connectivity index (χ3v) is 2.66. The quantitative estimate of drug-likeness (QED) is 0.734. The Morgan fingerprint density at radius 3 is 3.00 bits per heavy atom. The van der Waals surface area contributed by atoms with Crippen LogP contribution in [0.15, 0.2) is 6.20 Å². The van der Waals surface area contributed by atoms with E-state index in [0.717, 1.165) is 26.1 Å². The minimum atomic E-state index is -0.443. The molecule has 0 radical (unpaired) electrons. The molecule has 0 atom stereocenters. The van der Waals surface area contributed by atoms with E-state index in [9.17, 15) is 4.79 Å². The molecule has 0 spiro atoms. The molecule has 0 bridgehead atoms. The number of rotatable bonds is 3. The van der Waals surface area contributed by atoms with E-state index in [0.29, 0.717) is 18.2 Å². The average molecular weight is 225 g/mol. The van der Waals surface area contributed by atoms with Crippen molar-refractivity contribution in [3.63, 3.8) is 0 Å². The van der Waals surface area contributed by atoms with E-state index in [1.807, 2.05) is 0 Å². The van der Waals surface area contributed by atoms with Gasteiger partial charge in [-0.15, -0.1) is 0 Å². The van der Waals surface area contributed by atoms with Crippen LogP contribution in [-0.4, -0.2) is 36.0 Å². The predicted octanol–water partition coefficient (Wildman–Crippen LogP) is 0.575. The molecule has 1 aromatic heterocycles. The van der Waals surface area contributed by atoms with Crippen LogP contribution in [0, 0.1) is 5.92 Å². The van der Waals surface area contributed by atoms with Crippen molar-refractivity contribution in [3.8, 4) is 0 Å². The smallest absolute Gasteiger partial charge is 0.358 e. The molecule has 88 valence electrons. The van der Waals surface area contributed by atoms with Gasteiger partial charge in [0.2, 0.25) is 0 Å². The van der Waals surface area contributed by atoms with Crippen LogP contribution in [0.5, 0.6) is 0 Å². The van der Waals surface area contributed by atoms with Crippen LogP contribution < -0.4 is 5.73 Å². The molecule has 6 nitrogen and oxygen atoms in total. The molecule has 0 saturated carbocycles. The Kier molecular flexibility index (Phi) is 3.40. The highest BCUT2D eigenvalue weighted by Crippen LogP contribution is 2.16. The number of nitrogens with one attached hydrogen (secondary N) is 1. The van der Waals surface area contributed by atoms with Crippen LogP contribution in [0.2, 0.25) is 0 Å². The van der Waals surface area contributed by atoms with Gasteiger partial charge in [-0.05, 0) is 18.8 Å². The summed E-state index contributed by atoms with van der Waals surface area (Å²) in [5.74, 6) is -0.0525. The van der Waals surface area contributed by atoms with Crippen LogP contribution in [0.4, 0.5) is 5.69 Å². The van der Waals surface area contributed by atoms with Gasteiger partial charge in [-0.2, -0.15) is 5.10 Å². The monoisotopic (exact) mass is 225 g/mol. The molecule has 1 fully saturated rings. The second kappa shape index (κ2) is 4.98. The van der Waals surface area contributed by atoms with Gasteiger partial charge in [-0.1, -0.05) is 0 Å². The van der Waals surface area contributed by atoms with Crippen LogP contribution in [0.1, 0.15) is 23.3 Å². The first-order valence-corrected chi connectivity index (χ1v) is 5.31. The molecule has 16 heavy (non-hydrogen) atoms. The summed E-state index contributed by atoms with van der Waals surface area (Å²) in [6.07, 6.45) is 3.27. The van der Waals surface area contributed by atoms with Gasteiger partial charge in [0, 0.05) is 13.2 Å². The molecule has 1 aliphatic heterocycles. The third-order valence-electron chi connectivity index (χ3n) is 2.66. The lowest BCUT2D eigenvalue weighted by Crippen LogP contribution is -2.22. The Hall–Kier alpha value is -1.56. The number of nitrogens with two attached hydrogens (primary N) is 1. The van der Waals surface area contributed by atoms with E-state index < -0.39 is 5.97 Å². The Balaban J connectivity index is 1.81. The second-order valence-corrected chi connectivity index (χ2v) is 3.85. The SMILES string of the molecule is Nc1cn[nH]c1C(=O)OCC1CCOCC1. The van der Waals surface area contributed by atoms with Gasteiger partial charge in [-0.3, -0.25) is 5.10 Å². The highest BCUT2D eigenvalue weighted by Gasteiger charge is 2.18. The summed E-state index contributed by atoms with van der Waals surface area (Å²) >= 11 is 0. The summed E-state index contributed by atoms with van der Waals surface area (Å²) < 4.78 is 10.4. The van der Waals surface area contributed by atoms with Gasteiger partial charge in [-0.25, -0.2) is 4.79 Å². The van der Waals surface area contributed by atoms with Crippen molar-refractivity contribution < 1.29 is 14.3 Å². The number of carbonyl (C=O) groups excluding carboxylic acids is 1. The number of hydrogen-bond acceptors (Lipinski definition) is 5. The minimum Gasteiger partial charge on any atom is -0.461 e. The lowest BCUT2D eigenvalue weighted by Gasteiger charge is -2.21. The number of esters is 1. The number of nitrogen functional groups attached to an aromatic ring is 1. The number of nitrogens with zero attached hydrogens (tertiary/aromatic N) is 1. The number of hydrogen-bond donors (Lipinski definition) is 2. The largest absolute Gasteiger partial charge is 0.461 e. The van der Waals surface area contributed by atoms with Crippen LogP contribution >= 0.6 is 0 Å². The van der Waals surface area contributed by atoms with Crippen molar-refractivity contribution in [2.24, 2.45) is 5.92 Å². The summed E-state index contributed by atoms with van der Waals surface area (Å²) in [6, 6.07) is 0. The van der Waals surface area contributed by atoms with E-state index >= 15 is 0 Å². The molecule has 0 aromatic carbocycles. The average Bonchev–Trinajstić information content (AvgIpc) is 2.74. The molecule has 0 aliphatic carbocycles. The van der Waals surface area contributed by atoms with Crippen molar-refractivity contribution >= 4 is 11.7 Å². The van der Waals surface area contributed by atoms with Gasteiger partial charge >= 0.3 is 5.97 Å². The Morgan fingerprint density at radius 2 is 2.38 bits per heavy atom. The Morgan fingerprint density at radius 1 is 1.62 bits per heavy atom. The molecule has 6 heteroatoms. The van der Waals surface area contributed by atoms with Gasteiger partial charge in [0.1, 0.15) is 0 Å². The van der Waals surface area contributed by atoms with E-state index in [1.165, 1.54) is 6.20 Å². The Labute approximate surface area is 93.1 Å². The summed E-state index contributed by atoms with van der Waals surface area (Å²) in [5.41, 5.74) is 6.08. The number of anilines is 1. The molecule has 0 amide bonds. The van der Waals surface area contributed by atoms with E-state index in [4.69, 9.17) is 15.2 Å². The van der Waals surface area contributed by atoms with Crippen LogP contribution in [0.3, 0.4) is 0 Å². The number of aromatic amines is 1. The molecule has 3 N–H and O–H groups in total. The standard InChI is InChI=1S/C10H15N3O3/c11-8-5-12-13-9(8)10(14)16-6-7-1-3-15-4-2-7/h5,7H,1-4,6,11H2,(H,12,13). The maximum atomic E-state index is 11.6. The topological polar surface area (TPSA) is 90.2 Å². The number of carbonyl (C=O) groups is 1. The zero-order valence-corrected chi connectivity index (χ0v) is 8.94. The maximum Gasteiger partial charge on any atom is 0.358 e. The van der Waals surface area contributed by atoms with Gasteiger partial charge < -0.3 is 15.2 Å². The van der Waals surface area contributed by atoms with Crippen LogP contribution in [-0.2, 0) is 9.47 Å². The van der Waals surface area contributed by atoms with Gasteiger partial charge in [0.15, 0.2) is 5.69 Å². The number of ether oxygens (including phenoxy) is 2. The molecule has 1 aliphatic rings. The zero-order chi connectivity index (χ0) is 11.4. The fraction of sp³-hybridized carbons (Fsp3) is 0.600. The van der Waals surface area contributed by atoms with Crippen LogP contribution in [0.25, 0.3) is 0 Å². The molecular weight excluding hydrogens is 210 g/mol. The van der Waals surface area contributed by atoms with Crippen molar-refractivity contribution in [3.05, 3.63) is 11.9 Å². The van der Waals surface area contributed by atoms with E-state index in [2.05, 4.69) is 10.2 Å². The summed E-state index contributed by atoms with van der Waals surface area (Å²) in [5, 5.41) is 6.19. The Bertz CT molecular complexity index is 358. The van der Waals surface area contributed by atoms with Crippen molar-refractivity contribution in [1.82, 2.24) is 10.2 Å². The molecular formula is C10H15N3O3. The molecule has 1 aromatic rings. The summed E-state index contributed by atoms with van der Waals surface area (Å²) in [4.78, 5) is 11.6. The molecule has 1 saturated heterocycles. The second-order valence-electron chi connectivity index (χ2n) is 3.85. The first-order valence-electron chi connectivity index (χ1n) is 5.31.